The van der Waals surface area contributed by atoms with Crippen molar-refractivity contribution in [1.29, 1.82) is 0 Å². The van der Waals surface area contributed by atoms with E-state index in [-0.39, 0.29) is 12.1 Å². The average Bonchev–Trinajstić information content (AvgIpc) is 2.67. The number of anilines is 1. The van der Waals surface area contributed by atoms with Crippen LogP contribution in [-0.2, 0) is 15.7 Å². The van der Waals surface area contributed by atoms with Crippen molar-refractivity contribution in [2.24, 2.45) is 0 Å². The first-order valence-electron chi connectivity index (χ1n) is 9.73. The number of alkyl halides is 3. The fourth-order valence-electron chi connectivity index (χ4n) is 3.46. The summed E-state index contributed by atoms with van der Waals surface area (Å²) in [5, 5.41) is 5.27. The number of halogens is 3. The minimum absolute atomic E-state index is 0.0150. The molecule has 2 rings (SSSR count). The summed E-state index contributed by atoms with van der Waals surface area (Å²) in [5.74, 6) is -0.439. The number of carbonyl (C=O) groups is 2. The van der Waals surface area contributed by atoms with E-state index in [2.05, 4.69) is 22.5 Å². The summed E-state index contributed by atoms with van der Waals surface area (Å²) in [6.07, 6.45) is -1.20. The Kier molecular flexibility index (Phi) is 7.89. The first-order chi connectivity index (χ1) is 13.7. The molecule has 1 aromatic rings. The third-order valence-electron chi connectivity index (χ3n) is 5.18. The summed E-state index contributed by atoms with van der Waals surface area (Å²) in [4.78, 5) is 26.7. The molecule has 0 spiro atoms. The number of likely N-dealkylation sites (tertiary alicyclic amines) is 1. The summed E-state index contributed by atoms with van der Waals surface area (Å²) in [6, 6.07) is 3.79. The minimum atomic E-state index is -4.49. The van der Waals surface area contributed by atoms with E-state index in [1.165, 1.54) is 19.2 Å². The number of hydrogen-bond acceptors (Lipinski definition) is 4. The number of benzene rings is 1. The van der Waals surface area contributed by atoms with Gasteiger partial charge in [-0.25, -0.2) is 4.79 Å². The molecule has 0 unspecified atom stereocenters. The van der Waals surface area contributed by atoms with Crippen molar-refractivity contribution in [1.82, 2.24) is 10.2 Å². The molecule has 0 radical (unpaired) electrons. The second-order valence-corrected chi connectivity index (χ2v) is 7.39. The van der Waals surface area contributed by atoms with Gasteiger partial charge in [0.25, 0.3) is 0 Å². The molecule has 0 aromatic heterocycles. The van der Waals surface area contributed by atoms with Gasteiger partial charge in [0.1, 0.15) is 0 Å². The number of nitrogens with zero attached hydrogens (tertiary/aromatic N) is 1. The first-order valence-corrected chi connectivity index (χ1v) is 9.73. The van der Waals surface area contributed by atoms with Crippen molar-refractivity contribution >= 4 is 17.7 Å². The molecule has 1 aromatic carbocycles. The lowest BCUT2D eigenvalue weighted by Crippen LogP contribution is -2.57. The molecule has 162 valence electrons. The zero-order valence-corrected chi connectivity index (χ0v) is 16.8. The van der Waals surface area contributed by atoms with Crippen LogP contribution in [-0.4, -0.2) is 49.2 Å². The van der Waals surface area contributed by atoms with E-state index in [0.29, 0.717) is 12.8 Å². The van der Waals surface area contributed by atoms with Crippen LogP contribution in [0.15, 0.2) is 24.3 Å². The van der Waals surface area contributed by atoms with Crippen LogP contribution in [0.1, 0.15) is 44.6 Å². The van der Waals surface area contributed by atoms with Crippen LogP contribution in [0.5, 0.6) is 0 Å². The summed E-state index contributed by atoms with van der Waals surface area (Å²) in [6.45, 7) is 4.52. The lowest BCUT2D eigenvalue weighted by molar-refractivity contribution is -0.142. The Balaban J connectivity index is 2.05. The van der Waals surface area contributed by atoms with Crippen LogP contribution < -0.4 is 10.6 Å². The summed E-state index contributed by atoms with van der Waals surface area (Å²) in [7, 11) is 1.29. The number of methoxy groups -OCH3 is 1. The number of nitrogens with one attached hydrogen (secondary N) is 2. The molecule has 1 heterocycles. The SMILES string of the molecule is CCCCN1CCC(CC(=O)OC)(NC(=O)Nc2cccc(C(F)(F)F)c2)CC1. The average molecular weight is 415 g/mol. The quantitative estimate of drug-likeness (QED) is 0.660. The van der Waals surface area contributed by atoms with E-state index in [9.17, 15) is 22.8 Å². The van der Waals surface area contributed by atoms with E-state index in [1.807, 2.05) is 0 Å². The highest BCUT2D eigenvalue weighted by molar-refractivity contribution is 5.90. The van der Waals surface area contributed by atoms with Gasteiger partial charge in [0.15, 0.2) is 0 Å². The third kappa shape index (κ3) is 6.92. The van der Waals surface area contributed by atoms with Crippen LogP contribution in [0.2, 0.25) is 0 Å². The molecule has 29 heavy (non-hydrogen) atoms. The van der Waals surface area contributed by atoms with Gasteiger partial charge < -0.3 is 20.3 Å². The maximum atomic E-state index is 12.9. The standard InChI is InChI=1S/C20H28F3N3O3/c1-3-4-10-26-11-8-19(9-12-26,14-17(27)29-2)25-18(28)24-16-7-5-6-15(13-16)20(21,22)23/h5-7,13H,3-4,8-12,14H2,1-2H3,(H2,24,25,28). The van der Waals surface area contributed by atoms with Crippen LogP contribution >= 0.6 is 0 Å². The fourth-order valence-corrected chi connectivity index (χ4v) is 3.46. The van der Waals surface area contributed by atoms with Crippen LogP contribution in [0.4, 0.5) is 23.7 Å². The lowest BCUT2D eigenvalue weighted by Gasteiger charge is -2.41. The van der Waals surface area contributed by atoms with Crippen molar-refractivity contribution in [3.63, 3.8) is 0 Å². The zero-order chi connectivity index (χ0) is 21.5. The molecular formula is C20H28F3N3O3. The molecule has 0 atom stereocenters. The molecule has 0 saturated carbocycles. The largest absolute Gasteiger partial charge is 0.469 e. The van der Waals surface area contributed by atoms with Gasteiger partial charge in [0, 0.05) is 18.8 Å². The van der Waals surface area contributed by atoms with Crippen LogP contribution in [0.3, 0.4) is 0 Å². The monoisotopic (exact) mass is 415 g/mol. The number of carbonyl (C=O) groups excluding carboxylic acids is 2. The fraction of sp³-hybridized carbons (Fsp3) is 0.600. The molecule has 2 amide bonds. The number of hydrogen-bond donors (Lipinski definition) is 2. The second-order valence-electron chi connectivity index (χ2n) is 7.39. The van der Waals surface area contributed by atoms with Gasteiger partial charge in [0.2, 0.25) is 0 Å². The highest BCUT2D eigenvalue weighted by atomic mass is 19.4. The number of piperidine rings is 1. The summed E-state index contributed by atoms with van der Waals surface area (Å²) < 4.78 is 43.4. The van der Waals surface area contributed by atoms with Gasteiger partial charge in [-0.1, -0.05) is 19.4 Å². The number of amides is 2. The Bertz CT molecular complexity index is 702. The Morgan fingerprint density at radius 1 is 1.24 bits per heavy atom. The molecular weight excluding hydrogens is 387 g/mol. The normalized spacial score (nSPS) is 16.9. The zero-order valence-electron chi connectivity index (χ0n) is 16.8. The molecule has 1 aliphatic heterocycles. The van der Waals surface area contributed by atoms with Crippen LogP contribution in [0.25, 0.3) is 0 Å². The molecule has 1 fully saturated rings. The number of unbranched alkanes of at least 4 members (excludes halogenated alkanes) is 1. The smallest absolute Gasteiger partial charge is 0.416 e. The molecule has 0 bridgehead atoms. The Hall–Kier alpha value is -2.29. The molecule has 2 N–H and O–H groups in total. The van der Waals surface area contributed by atoms with Gasteiger partial charge in [-0.05, 0) is 44.0 Å². The highest BCUT2D eigenvalue weighted by Gasteiger charge is 2.38. The number of esters is 1. The van der Waals surface area contributed by atoms with Gasteiger partial charge in [0.05, 0.1) is 24.6 Å². The Morgan fingerprint density at radius 3 is 2.52 bits per heavy atom. The van der Waals surface area contributed by atoms with Gasteiger partial charge in [-0.2, -0.15) is 13.2 Å². The van der Waals surface area contributed by atoms with Crippen molar-refractivity contribution in [3.05, 3.63) is 29.8 Å². The maximum Gasteiger partial charge on any atom is 0.416 e. The van der Waals surface area contributed by atoms with E-state index < -0.39 is 29.3 Å². The van der Waals surface area contributed by atoms with Gasteiger partial charge >= 0.3 is 18.2 Å². The number of urea groups is 1. The topological polar surface area (TPSA) is 70.7 Å². The summed E-state index contributed by atoms with van der Waals surface area (Å²) >= 11 is 0. The molecule has 0 aliphatic carbocycles. The van der Waals surface area contributed by atoms with E-state index in [0.717, 1.165) is 44.6 Å². The molecule has 1 saturated heterocycles. The predicted octanol–water partition coefficient (Wildman–Crippen LogP) is 4.02. The third-order valence-corrected chi connectivity index (χ3v) is 5.18. The lowest BCUT2D eigenvalue weighted by atomic mass is 9.84. The predicted molar refractivity (Wildman–Crippen MR) is 104 cm³/mol. The molecule has 1 aliphatic rings. The summed E-state index contributed by atoms with van der Waals surface area (Å²) in [5.41, 5.74) is -1.60. The van der Waals surface area contributed by atoms with Crippen molar-refractivity contribution in [2.45, 2.75) is 50.7 Å². The molecule has 9 heteroatoms. The first kappa shape index (κ1) is 23.0. The highest BCUT2D eigenvalue weighted by Crippen LogP contribution is 2.31. The van der Waals surface area contributed by atoms with E-state index >= 15 is 0 Å². The Labute approximate surface area is 168 Å². The number of rotatable bonds is 7. The van der Waals surface area contributed by atoms with Gasteiger partial charge in [-0.3, -0.25) is 4.79 Å². The maximum absolute atomic E-state index is 12.9. The van der Waals surface area contributed by atoms with Crippen molar-refractivity contribution in [3.8, 4) is 0 Å². The minimum Gasteiger partial charge on any atom is -0.469 e. The number of ether oxygens (including phenoxy) is 1. The van der Waals surface area contributed by atoms with Gasteiger partial charge in [-0.15, -0.1) is 0 Å². The molecule has 6 nitrogen and oxygen atoms in total. The second kappa shape index (κ2) is 9.96. The van der Waals surface area contributed by atoms with Crippen molar-refractivity contribution < 1.29 is 27.5 Å². The van der Waals surface area contributed by atoms with Crippen molar-refractivity contribution in [2.75, 3.05) is 32.1 Å². The van der Waals surface area contributed by atoms with E-state index in [1.54, 1.807) is 0 Å². The van der Waals surface area contributed by atoms with E-state index in [4.69, 9.17) is 4.74 Å². The van der Waals surface area contributed by atoms with Crippen LogP contribution in [0, 0.1) is 0 Å². The Morgan fingerprint density at radius 2 is 1.93 bits per heavy atom.